The van der Waals surface area contributed by atoms with E-state index in [9.17, 15) is 0 Å². The highest BCUT2D eigenvalue weighted by Crippen LogP contribution is 2.44. The van der Waals surface area contributed by atoms with Crippen LogP contribution in [0.3, 0.4) is 0 Å². The lowest BCUT2D eigenvalue weighted by molar-refractivity contribution is 0.308. The van der Waals surface area contributed by atoms with Crippen LogP contribution in [-0.4, -0.2) is 26.4 Å². The van der Waals surface area contributed by atoms with E-state index in [0.29, 0.717) is 0 Å². The van der Waals surface area contributed by atoms with Crippen LogP contribution in [0.2, 0.25) is 0 Å². The molecule has 0 saturated carbocycles. The molecule has 50 heavy (non-hydrogen) atoms. The molecule has 0 atom stereocenters. The van der Waals surface area contributed by atoms with E-state index in [-0.39, 0.29) is 0 Å². The first kappa shape index (κ1) is 36.8. The van der Waals surface area contributed by atoms with Gasteiger partial charge in [-0.25, -0.2) is 0 Å². The van der Waals surface area contributed by atoms with Crippen molar-refractivity contribution in [2.24, 2.45) is 0 Å². The third-order valence-corrected chi connectivity index (χ3v) is 9.14. The van der Waals surface area contributed by atoms with Crippen molar-refractivity contribution in [3.63, 3.8) is 0 Å². The number of hydrogen-bond acceptors (Lipinski definition) is 4. The van der Waals surface area contributed by atoms with E-state index in [1.807, 2.05) is 0 Å². The van der Waals surface area contributed by atoms with Crippen LogP contribution in [0.4, 0.5) is 0 Å². The summed E-state index contributed by atoms with van der Waals surface area (Å²) in [7, 11) is 0. The second-order valence-electron chi connectivity index (χ2n) is 13.0. The SMILES string of the molecule is CCCCCOc1c2ccccc2c(OCCCCC)c2ccccc12.CCCCOc1c2ccccc2c(OCCCC)c2ccccc12. The van der Waals surface area contributed by atoms with E-state index in [4.69, 9.17) is 18.9 Å². The Kier molecular flexibility index (Phi) is 14.5. The molecule has 0 spiro atoms. The molecule has 0 heterocycles. The smallest absolute Gasteiger partial charge is 0.135 e. The highest BCUT2D eigenvalue weighted by molar-refractivity contribution is 6.12. The van der Waals surface area contributed by atoms with Gasteiger partial charge in [-0.3, -0.25) is 0 Å². The largest absolute Gasteiger partial charge is 0.492 e. The quantitative estimate of drug-likeness (QED) is 0.0673. The minimum atomic E-state index is 0.751. The van der Waals surface area contributed by atoms with Crippen molar-refractivity contribution >= 4 is 43.1 Å². The molecule has 6 aromatic carbocycles. The zero-order valence-corrected chi connectivity index (χ0v) is 30.8. The molecule has 264 valence electrons. The van der Waals surface area contributed by atoms with Crippen LogP contribution in [0.15, 0.2) is 97.1 Å². The Hall–Kier alpha value is -4.44. The Bertz CT molecular complexity index is 1680. The fourth-order valence-corrected chi connectivity index (χ4v) is 6.41. The van der Waals surface area contributed by atoms with Gasteiger partial charge in [0.2, 0.25) is 0 Å². The molecular weight excluding hydrogens is 617 g/mol. The summed E-state index contributed by atoms with van der Waals surface area (Å²) in [5.74, 6) is 3.96. The lowest BCUT2D eigenvalue weighted by atomic mass is 10.0. The van der Waals surface area contributed by atoms with Gasteiger partial charge >= 0.3 is 0 Å². The van der Waals surface area contributed by atoms with Crippen molar-refractivity contribution in [3.8, 4) is 23.0 Å². The first-order chi connectivity index (χ1) is 24.7. The molecule has 0 aliphatic heterocycles. The van der Waals surface area contributed by atoms with Crippen LogP contribution in [0.5, 0.6) is 23.0 Å². The molecule has 4 nitrogen and oxygen atoms in total. The molecule has 0 bridgehead atoms. The normalized spacial score (nSPS) is 11.1. The molecule has 4 heteroatoms. The molecule has 0 aromatic heterocycles. The Balaban J connectivity index is 0.000000195. The van der Waals surface area contributed by atoms with Crippen LogP contribution in [0.25, 0.3) is 43.1 Å². The van der Waals surface area contributed by atoms with Crippen molar-refractivity contribution in [3.05, 3.63) is 97.1 Å². The molecule has 6 aromatic rings. The number of ether oxygens (including phenoxy) is 4. The maximum atomic E-state index is 6.28. The fraction of sp³-hybridized carbons (Fsp3) is 0.391. The highest BCUT2D eigenvalue weighted by atomic mass is 16.5. The molecule has 0 N–H and O–H groups in total. The number of unbranched alkanes of at least 4 members (excludes halogenated alkanes) is 6. The zero-order chi connectivity index (χ0) is 35.0. The Labute approximate surface area is 299 Å². The van der Waals surface area contributed by atoms with Gasteiger partial charge in [0.25, 0.3) is 0 Å². The molecule has 0 fully saturated rings. The van der Waals surface area contributed by atoms with E-state index in [1.54, 1.807) is 0 Å². The Morgan fingerprint density at radius 2 is 0.480 bits per heavy atom. The number of rotatable bonds is 18. The third-order valence-electron chi connectivity index (χ3n) is 9.14. The minimum absolute atomic E-state index is 0.751. The van der Waals surface area contributed by atoms with Gasteiger partial charge in [-0.2, -0.15) is 0 Å². The van der Waals surface area contributed by atoms with Gasteiger partial charge in [0.1, 0.15) is 23.0 Å². The minimum Gasteiger partial charge on any atom is -0.492 e. The topological polar surface area (TPSA) is 36.9 Å². The number of fused-ring (bicyclic) bond motifs is 4. The molecule has 0 saturated heterocycles. The highest BCUT2D eigenvalue weighted by Gasteiger charge is 2.17. The van der Waals surface area contributed by atoms with Crippen molar-refractivity contribution < 1.29 is 18.9 Å². The summed E-state index contributed by atoms with van der Waals surface area (Å²) in [5, 5.41) is 9.14. The van der Waals surface area contributed by atoms with E-state index in [2.05, 4.69) is 125 Å². The van der Waals surface area contributed by atoms with Crippen molar-refractivity contribution in [1.82, 2.24) is 0 Å². The monoisotopic (exact) mass is 672 g/mol. The maximum Gasteiger partial charge on any atom is 0.135 e. The first-order valence-electron chi connectivity index (χ1n) is 19.1. The van der Waals surface area contributed by atoms with Gasteiger partial charge in [-0.05, 0) is 25.7 Å². The van der Waals surface area contributed by atoms with E-state index < -0.39 is 0 Å². The number of benzene rings is 6. The third kappa shape index (κ3) is 9.01. The molecule has 0 amide bonds. The van der Waals surface area contributed by atoms with E-state index in [0.717, 1.165) is 131 Å². The summed E-state index contributed by atoms with van der Waals surface area (Å²) in [6.45, 7) is 11.8. The van der Waals surface area contributed by atoms with E-state index >= 15 is 0 Å². The molecule has 0 unspecified atom stereocenters. The lowest BCUT2D eigenvalue weighted by Crippen LogP contribution is -2.02. The predicted molar refractivity (Wildman–Crippen MR) is 214 cm³/mol. The van der Waals surface area contributed by atoms with E-state index in [1.165, 1.54) is 25.7 Å². The van der Waals surface area contributed by atoms with Crippen LogP contribution < -0.4 is 18.9 Å². The summed E-state index contributed by atoms with van der Waals surface area (Å²) in [5.41, 5.74) is 0. The van der Waals surface area contributed by atoms with Gasteiger partial charge in [-0.1, -0.05) is 163 Å². The Morgan fingerprint density at radius 3 is 0.680 bits per heavy atom. The lowest BCUT2D eigenvalue weighted by Gasteiger charge is -2.18. The predicted octanol–water partition coefficient (Wildman–Crippen LogP) is 13.5. The van der Waals surface area contributed by atoms with Gasteiger partial charge in [-0.15, -0.1) is 0 Å². The second kappa shape index (κ2) is 19.7. The fourth-order valence-electron chi connectivity index (χ4n) is 6.41. The Morgan fingerprint density at radius 1 is 0.280 bits per heavy atom. The second-order valence-corrected chi connectivity index (χ2v) is 13.0. The summed E-state index contributed by atoms with van der Waals surface area (Å²) in [6, 6.07) is 33.7. The van der Waals surface area contributed by atoms with Gasteiger partial charge < -0.3 is 18.9 Å². The molecule has 0 radical (unpaired) electrons. The number of hydrogen-bond donors (Lipinski definition) is 0. The average molecular weight is 673 g/mol. The summed E-state index contributed by atoms with van der Waals surface area (Å²) < 4.78 is 25.0. The van der Waals surface area contributed by atoms with Crippen molar-refractivity contribution in [2.45, 2.75) is 91.9 Å². The molecule has 0 aliphatic carbocycles. The summed E-state index contributed by atoms with van der Waals surface area (Å²) >= 11 is 0. The standard InChI is InChI=1S/C24H30O2.C22H26O2/c1-3-5-11-17-25-23-19-13-7-9-15-21(19)24(26-18-12-6-4-2)22-16-10-8-14-20(22)23;1-3-5-15-23-21-17-11-7-9-13-19(17)22(24-16-6-4-2)20-14-10-8-12-18(20)21/h7-10,13-16H,3-6,11-12,17-18H2,1-2H3;7-14H,3-6,15-16H2,1-2H3. The van der Waals surface area contributed by atoms with Crippen LogP contribution in [0, 0.1) is 0 Å². The first-order valence-corrected chi connectivity index (χ1v) is 19.1. The van der Waals surface area contributed by atoms with Crippen LogP contribution >= 0.6 is 0 Å². The summed E-state index contributed by atoms with van der Waals surface area (Å²) in [6.07, 6.45) is 11.4. The van der Waals surface area contributed by atoms with Gasteiger partial charge in [0, 0.05) is 43.1 Å². The van der Waals surface area contributed by atoms with Gasteiger partial charge in [0.15, 0.2) is 0 Å². The zero-order valence-electron chi connectivity index (χ0n) is 30.8. The van der Waals surface area contributed by atoms with Crippen LogP contribution in [0.1, 0.15) is 91.9 Å². The summed E-state index contributed by atoms with van der Waals surface area (Å²) in [4.78, 5) is 0. The molecule has 0 aliphatic rings. The van der Waals surface area contributed by atoms with Crippen LogP contribution in [-0.2, 0) is 0 Å². The van der Waals surface area contributed by atoms with Gasteiger partial charge in [0.05, 0.1) is 26.4 Å². The van der Waals surface area contributed by atoms with Crippen molar-refractivity contribution in [2.75, 3.05) is 26.4 Å². The molecule has 6 rings (SSSR count). The van der Waals surface area contributed by atoms with Crippen molar-refractivity contribution in [1.29, 1.82) is 0 Å². The maximum absolute atomic E-state index is 6.28. The molecular formula is C46H56O4. The average Bonchev–Trinajstić information content (AvgIpc) is 3.16.